The highest BCUT2D eigenvalue weighted by Gasteiger charge is 2.15. The first-order chi connectivity index (χ1) is 8.04. The van der Waals surface area contributed by atoms with E-state index in [9.17, 15) is 14.9 Å². The third-order valence-corrected chi connectivity index (χ3v) is 2.27. The van der Waals surface area contributed by atoms with Crippen LogP contribution < -0.4 is 10.6 Å². The number of nitrogens with zero attached hydrogens (tertiary/aromatic N) is 1. The quantitative estimate of drug-likeness (QED) is 0.622. The van der Waals surface area contributed by atoms with Crippen LogP contribution in [0.4, 0.5) is 11.4 Å². The van der Waals surface area contributed by atoms with Crippen LogP contribution in [0.2, 0.25) is 5.02 Å². The predicted octanol–water partition coefficient (Wildman–Crippen LogP) is 1.80. The van der Waals surface area contributed by atoms with E-state index in [1.165, 1.54) is 18.2 Å². The lowest BCUT2D eigenvalue weighted by Gasteiger charge is -2.05. The van der Waals surface area contributed by atoms with Crippen LogP contribution in [-0.2, 0) is 4.79 Å². The third kappa shape index (κ3) is 4.01. The predicted molar refractivity (Wildman–Crippen MR) is 65.3 cm³/mol. The molecule has 0 saturated carbocycles. The number of anilines is 1. The van der Waals surface area contributed by atoms with Gasteiger partial charge in [0.25, 0.3) is 5.69 Å². The molecule has 1 aromatic rings. The Morgan fingerprint density at radius 2 is 2.24 bits per heavy atom. The molecule has 92 valence electrons. The molecule has 0 aliphatic heterocycles. The molecule has 0 aliphatic carbocycles. The maximum Gasteiger partial charge on any atom is 0.294 e. The maximum atomic E-state index is 11.4. The molecule has 0 saturated heterocycles. The van der Waals surface area contributed by atoms with Crippen molar-refractivity contribution in [3.05, 3.63) is 33.3 Å². The molecule has 1 amide bonds. The Hall–Kier alpha value is -1.66. The number of amides is 1. The van der Waals surface area contributed by atoms with Crippen molar-refractivity contribution in [2.24, 2.45) is 0 Å². The van der Waals surface area contributed by atoms with Gasteiger partial charge in [0.05, 0.1) is 4.92 Å². The van der Waals surface area contributed by atoms with E-state index in [0.717, 1.165) is 0 Å². The first-order valence-electron chi connectivity index (χ1n) is 4.93. The van der Waals surface area contributed by atoms with Crippen LogP contribution in [0, 0.1) is 10.1 Å². The molecule has 1 rings (SSSR count). The minimum atomic E-state index is -0.584. The number of carbonyl (C=O) groups is 1. The first kappa shape index (κ1) is 13.4. The highest BCUT2D eigenvalue weighted by Crippen LogP contribution is 2.27. The van der Waals surface area contributed by atoms with Crippen molar-refractivity contribution in [1.82, 2.24) is 5.32 Å². The van der Waals surface area contributed by atoms with Gasteiger partial charge in [0.1, 0.15) is 5.69 Å². The zero-order valence-electron chi connectivity index (χ0n) is 9.20. The summed E-state index contributed by atoms with van der Waals surface area (Å²) in [5, 5.41) is 16.3. The lowest BCUT2D eigenvalue weighted by Crippen LogP contribution is -2.19. The number of rotatable bonds is 5. The van der Waals surface area contributed by atoms with Crippen LogP contribution in [0.25, 0.3) is 0 Å². The number of hydrogen-bond donors (Lipinski definition) is 2. The lowest BCUT2D eigenvalue weighted by molar-refractivity contribution is -0.383. The number of halogens is 1. The summed E-state index contributed by atoms with van der Waals surface area (Å²) in [7, 11) is 1.72. The van der Waals surface area contributed by atoms with Crippen molar-refractivity contribution >= 4 is 28.9 Å². The largest absolute Gasteiger partial charge is 0.320 e. The zero-order valence-corrected chi connectivity index (χ0v) is 9.95. The molecule has 0 heterocycles. The van der Waals surface area contributed by atoms with Crippen LogP contribution in [0.15, 0.2) is 18.2 Å². The SMILES string of the molecule is CNCCC(=O)Nc1ccc(Cl)cc1[N+](=O)[O-]. The minimum Gasteiger partial charge on any atom is -0.320 e. The molecule has 0 spiro atoms. The molecular weight excluding hydrogens is 246 g/mol. The summed E-state index contributed by atoms with van der Waals surface area (Å²) in [4.78, 5) is 21.6. The molecule has 6 nitrogen and oxygen atoms in total. The molecule has 17 heavy (non-hydrogen) atoms. The molecule has 0 atom stereocenters. The van der Waals surface area contributed by atoms with Gasteiger partial charge in [-0.1, -0.05) is 11.6 Å². The van der Waals surface area contributed by atoms with Crippen molar-refractivity contribution in [2.75, 3.05) is 18.9 Å². The van der Waals surface area contributed by atoms with Gasteiger partial charge in [-0.3, -0.25) is 14.9 Å². The minimum absolute atomic E-state index is 0.153. The molecule has 0 unspecified atom stereocenters. The average molecular weight is 258 g/mol. The second-order valence-electron chi connectivity index (χ2n) is 3.32. The van der Waals surface area contributed by atoms with Crippen molar-refractivity contribution in [2.45, 2.75) is 6.42 Å². The molecule has 7 heteroatoms. The fourth-order valence-corrected chi connectivity index (χ4v) is 1.38. The van der Waals surface area contributed by atoms with Crippen LogP contribution >= 0.6 is 11.6 Å². The Morgan fingerprint density at radius 3 is 2.82 bits per heavy atom. The first-order valence-corrected chi connectivity index (χ1v) is 5.30. The number of nitro benzene ring substituents is 1. The number of benzene rings is 1. The van der Waals surface area contributed by atoms with Crippen molar-refractivity contribution in [1.29, 1.82) is 0 Å². The summed E-state index contributed by atoms with van der Waals surface area (Å²) >= 11 is 5.65. The molecule has 0 aliphatic rings. The van der Waals surface area contributed by atoms with Gasteiger partial charge in [0, 0.05) is 24.1 Å². The molecule has 0 radical (unpaired) electrons. The van der Waals surface area contributed by atoms with Gasteiger partial charge in [-0.05, 0) is 19.2 Å². The molecule has 0 bridgehead atoms. The number of carbonyl (C=O) groups excluding carboxylic acids is 1. The second-order valence-corrected chi connectivity index (χ2v) is 3.76. The standard InChI is InChI=1S/C10H12ClN3O3/c1-12-5-4-10(15)13-8-3-2-7(11)6-9(8)14(16)17/h2-3,6,12H,4-5H2,1H3,(H,13,15). The molecule has 0 fully saturated rings. The normalized spacial score (nSPS) is 10.0. The van der Waals surface area contributed by atoms with E-state index in [1.807, 2.05) is 0 Å². The Kier molecular flexibility index (Phi) is 4.86. The van der Waals surface area contributed by atoms with Gasteiger partial charge in [0.2, 0.25) is 5.91 Å². The van der Waals surface area contributed by atoms with Gasteiger partial charge >= 0.3 is 0 Å². The highest BCUT2D eigenvalue weighted by atomic mass is 35.5. The van der Waals surface area contributed by atoms with Gasteiger partial charge in [-0.25, -0.2) is 0 Å². The van der Waals surface area contributed by atoms with Crippen LogP contribution in [0.1, 0.15) is 6.42 Å². The molecule has 0 aromatic heterocycles. The highest BCUT2D eigenvalue weighted by molar-refractivity contribution is 6.31. The van der Waals surface area contributed by atoms with Crippen molar-refractivity contribution < 1.29 is 9.72 Å². The van der Waals surface area contributed by atoms with E-state index in [4.69, 9.17) is 11.6 Å². The summed E-state index contributed by atoms with van der Waals surface area (Å²) < 4.78 is 0. The summed E-state index contributed by atoms with van der Waals surface area (Å²) in [5.74, 6) is -0.287. The average Bonchev–Trinajstić information content (AvgIpc) is 2.28. The van der Waals surface area contributed by atoms with E-state index in [-0.39, 0.29) is 28.7 Å². The van der Waals surface area contributed by atoms with Crippen molar-refractivity contribution in [3.63, 3.8) is 0 Å². The number of hydrogen-bond acceptors (Lipinski definition) is 4. The summed E-state index contributed by atoms with van der Waals surface area (Å²) in [6.07, 6.45) is 0.246. The third-order valence-electron chi connectivity index (χ3n) is 2.03. The summed E-state index contributed by atoms with van der Waals surface area (Å²) in [6, 6.07) is 4.11. The summed E-state index contributed by atoms with van der Waals surface area (Å²) in [5.41, 5.74) is -0.0594. The topological polar surface area (TPSA) is 84.3 Å². The van der Waals surface area contributed by atoms with E-state index >= 15 is 0 Å². The number of nitrogens with one attached hydrogen (secondary N) is 2. The van der Waals surface area contributed by atoms with Crippen LogP contribution in [-0.4, -0.2) is 24.4 Å². The molecular formula is C10H12ClN3O3. The van der Waals surface area contributed by atoms with E-state index < -0.39 is 4.92 Å². The fraction of sp³-hybridized carbons (Fsp3) is 0.300. The monoisotopic (exact) mass is 257 g/mol. The van der Waals surface area contributed by atoms with E-state index in [2.05, 4.69) is 10.6 Å². The van der Waals surface area contributed by atoms with E-state index in [1.54, 1.807) is 7.05 Å². The second kappa shape index (κ2) is 6.17. The lowest BCUT2D eigenvalue weighted by atomic mass is 10.2. The van der Waals surface area contributed by atoms with E-state index in [0.29, 0.717) is 6.54 Å². The maximum absolute atomic E-state index is 11.4. The fourth-order valence-electron chi connectivity index (χ4n) is 1.21. The van der Waals surface area contributed by atoms with Gasteiger partial charge in [-0.15, -0.1) is 0 Å². The Bertz CT molecular complexity index is 437. The van der Waals surface area contributed by atoms with Crippen molar-refractivity contribution in [3.8, 4) is 0 Å². The Balaban J connectivity index is 2.83. The van der Waals surface area contributed by atoms with Crippen LogP contribution in [0.5, 0.6) is 0 Å². The smallest absolute Gasteiger partial charge is 0.294 e. The Morgan fingerprint density at radius 1 is 1.53 bits per heavy atom. The van der Waals surface area contributed by atoms with Gasteiger partial charge in [0.15, 0.2) is 0 Å². The number of nitro groups is 1. The molecule has 2 N–H and O–H groups in total. The summed E-state index contributed by atoms with van der Waals surface area (Å²) in [6.45, 7) is 0.507. The van der Waals surface area contributed by atoms with Gasteiger partial charge < -0.3 is 10.6 Å². The van der Waals surface area contributed by atoms with Gasteiger partial charge in [-0.2, -0.15) is 0 Å². The zero-order chi connectivity index (χ0) is 12.8. The van der Waals surface area contributed by atoms with Crippen LogP contribution in [0.3, 0.4) is 0 Å². The Labute approximate surface area is 103 Å². The molecule has 1 aromatic carbocycles.